The van der Waals surface area contributed by atoms with E-state index in [9.17, 15) is 14.7 Å². The van der Waals surface area contributed by atoms with E-state index in [1.54, 1.807) is 0 Å². The first-order valence-corrected chi connectivity index (χ1v) is 5.01. The van der Waals surface area contributed by atoms with Crippen molar-refractivity contribution in [3.63, 3.8) is 0 Å². The molecule has 0 aromatic heterocycles. The van der Waals surface area contributed by atoms with Gasteiger partial charge in [0.25, 0.3) is 0 Å². The first kappa shape index (κ1) is 11.8. The van der Waals surface area contributed by atoms with Gasteiger partial charge in [0.2, 0.25) is 0 Å². The Kier molecular flexibility index (Phi) is 3.90. The van der Waals surface area contributed by atoms with E-state index in [2.05, 4.69) is 5.32 Å². The Labute approximate surface area is 87.9 Å². The van der Waals surface area contributed by atoms with Crippen molar-refractivity contribution in [2.45, 2.75) is 31.9 Å². The van der Waals surface area contributed by atoms with Crippen LogP contribution in [0.4, 0.5) is 4.79 Å². The van der Waals surface area contributed by atoms with Crippen LogP contribution in [0, 0.1) is 0 Å². The van der Waals surface area contributed by atoms with Crippen molar-refractivity contribution in [2.75, 3.05) is 13.1 Å². The lowest BCUT2D eigenvalue weighted by molar-refractivity contribution is -0.141. The maximum Gasteiger partial charge on any atom is 0.326 e. The minimum Gasteiger partial charge on any atom is -0.480 e. The number of carbonyl (C=O) groups excluding carboxylic acids is 1. The number of hydrogen-bond acceptors (Lipinski definition) is 3. The quantitative estimate of drug-likeness (QED) is 0.600. The number of urea groups is 1. The Bertz CT molecular complexity index is 256. The molecule has 1 saturated heterocycles. The average molecular weight is 216 g/mol. The molecule has 0 radical (unpaired) electrons. The third-order valence-electron chi connectivity index (χ3n) is 2.35. The van der Waals surface area contributed by atoms with E-state index in [0.29, 0.717) is 6.54 Å². The molecule has 6 heteroatoms. The molecule has 6 nitrogen and oxygen atoms in total. The Morgan fingerprint density at radius 2 is 2.20 bits per heavy atom. The molecule has 3 N–H and O–H groups in total. The number of carboxylic acid groups (broad SMARTS) is 1. The van der Waals surface area contributed by atoms with Gasteiger partial charge in [-0.2, -0.15) is 0 Å². The predicted octanol–water partition coefficient (Wildman–Crippen LogP) is -0.374. The van der Waals surface area contributed by atoms with E-state index in [1.807, 2.05) is 6.92 Å². The number of likely N-dealkylation sites (tertiary alicyclic amines) is 1. The number of carboxylic acids is 1. The van der Waals surface area contributed by atoms with Crippen LogP contribution in [0.3, 0.4) is 0 Å². The van der Waals surface area contributed by atoms with Crippen molar-refractivity contribution in [1.82, 2.24) is 10.2 Å². The molecule has 2 amide bonds. The van der Waals surface area contributed by atoms with Gasteiger partial charge in [0.05, 0.1) is 6.10 Å². The largest absolute Gasteiger partial charge is 0.480 e. The van der Waals surface area contributed by atoms with E-state index in [-0.39, 0.29) is 13.0 Å². The highest BCUT2D eigenvalue weighted by Gasteiger charge is 2.38. The van der Waals surface area contributed by atoms with Crippen molar-refractivity contribution in [3.8, 4) is 0 Å². The van der Waals surface area contributed by atoms with Crippen molar-refractivity contribution in [2.24, 2.45) is 0 Å². The molecular weight excluding hydrogens is 200 g/mol. The number of nitrogens with zero attached hydrogens (tertiary/aromatic N) is 1. The molecule has 0 spiro atoms. The van der Waals surface area contributed by atoms with Gasteiger partial charge in [-0.05, 0) is 6.42 Å². The lowest BCUT2D eigenvalue weighted by Gasteiger charge is -2.21. The first-order chi connectivity index (χ1) is 7.06. The number of aliphatic hydroxyl groups excluding tert-OH is 1. The second kappa shape index (κ2) is 4.97. The van der Waals surface area contributed by atoms with Crippen LogP contribution in [0.2, 0.25) is 0 Å². The summed E-state index contributed by atoms with van der Waals surface area (Å²) in [5, 5.41) is 20.7. The maximum absolute atomic E-state index is 11.5. The fraction of sp³-hybridized carbons (Fsp3) is 0.778. The Morgan fingerprint density at radius 1 is 1.53 bits per heavy atom. The summed E-state index contributed by atoms with van der Waals surface area (Å²) in [6.45, 7) is 2.51. The zero-order chi connectivity index (χ0) is 11.4. The van der Waals surface area contributed by atoms with Gasteiger partial charge in [-0.3, -0.25) is 0 Å². The summed E-state index contributed by atoms with van der Waals surface area (Å²) in [6, 6.07) is -1.32. The van der Waals surface area contributed by atoms with Gasteiger partial charge in [0, 0.05) is 19.5 Å². The summed E-state index contributed by atoms with van der Waals surface area (Å²) in [4.78, 5) is 23.5. The number of rotatable bonds is 3. The van der Waals surface area contributed by atoms with E-state index in [0.717, 1.165) is 6.42 Å². The number of nitrogens with one attached hydrogen (secondary N) is 1. The molecule has 2 atom stereocenters. The van der Waals surface area contributed by atoms with Crippen LogP contribution in [0.15, 0.2) is 0 Å². The molecule has 15 heavy (non-hydrogen) atoms. The highest BCUT2D eigenvalue weighted by atomic mass is 16.4. The third kappa shape index (κ3) is 2.82. The van der Waals surface area contributed by atoms with Crippen molar-refractivity contribution in [3.05, 3.63) is 0 Å². The zero-order valence-electron chi connectivity index (χ0n) is 8.64. The number of aliphatic carboxylic acids is 1. The standard InChI is InChI=1S/C9H16N2O4/c1-2-3-10-9(15)11-5-6(12)4-7(11)8(13)14/h6-7,12H,2-5H2,1H3,(H,10,15)(H,13,14). The van der Waals surface area contributed by atoms with Crippen molar-refractivity contribution in [1.29, 1.82) is 0 Å². The van der Waals surface area contributed by atoms with Crippen LogP contribution in [0.1, 0.15) is 19.8 Å². The van der Waals surface area contributed by atoms with Crippen LogP contribution < -0.4 is 5.32 Å². The molecule has 1 rings (SSSR count). The van der Waals surface area contributed by atoms with Gasteiger partial charge in [-0.15, -0.1) is 0 Å². The smallest absolute Gasteiger partial charge is 0.326 e. The summed E-state index contributed by atoms with van der Waals surface area (Å²) in [5.41, 5.74) is 0. The number of hydrogen-bond donors (Lipinski definition) is 3. The summed E-state index contributed by atoms with van der Waals surface area (Å²) >= 11 is 0. The minimum absolute atomic E-state index is 0.0898. The SMILES string of the molecule is CCCNC(=O)N1CC(O)CC1C(=O)O. The van der Waals surface area contributed by atoms with Gasteiger partial charge in [0.1, 0.15) is 6.04 Å². The highest BCUT2D eigenvalue weighted by molar-refractivity contribution is 5.83. The summed E-state index contributed by atoms with van der Waals surface area (Å²) in [5.74, 6) is -1.07. The number of β-amino-alcohol motifs (C(OH)–C–C–N with tert-alkyl or cyclic N) is 1. The van der Waals surface area contributed by atoms with Crippen LogP contribution in [0.25, 0.3) is 0 Å². The van der Waals surface area contributed by atoms with Crippen molar-refractivity contribution < 1.29 is 19.8 Å². The molecule has 0 bridgehead atoms. The van der Waals surface area contributed by atoms with Crippen LogP contribution in [-0.4, -0.2) is 52.3 Å². The lowest BCUT2D eigenvalue weighted by Crippen LogP contribution is -2.46. The summed E-state index contributed by atoms with van der Waals surface area (Å²) in [6.07, 6.45) is 0.160. The summed E-state index contributed by atoms with van der Waals surface area (Å²) in [7, 11) is 0. The van der Waals surface area contributed by atoms with E-state index in [1.165, 1.54) is 4.90 Å². The monoisotopic (exact) mass is 216 g/mol. The predicted molar refractivity (Wildman–Crippen MR) is 52.4 cm³/mol. The minimum atomic E-state index is -1.07. The lowest BCUT2D eigenvalue weighted by atomic mass is 10.2. The second-order valence-corrected chi connectivity index (χ2v) is 3.63. The molecule has 0 aliphatic carbocycles. The van der Waals surface area contributed by atoms with Crippen LogP contribution >= 0.6 is 0 Å². The first-order valence-electron chi connectivity index (χ1n) is 5.01. The van der Waals surface area contributed by atoms with Gasteiger partial charge in [-0.25, -0.2) is 9.59 Å². The van der Waals surface area contributed by atoms with Gasteiger partial charge in [-0.1, -0.05) is 6.92 Å². The molecular formula is C9H16N2O4. The molecule has 1 fully saturated rings. The van der Waals surface area contributed by atoms with Crippen LogP contribution in [0.5, 0.6) is 0 Å². The topological polar surface area (TPSA) is 89.9 Å². The van der Waals surface area contributed by atoms with E-state index >= 15 is 0 Å². The van der Waals surface area contributed by atoms with Crippen molar-refractivity contribution >= 4 is 12.0 Å². The molecule has 1 heterocycles. The molecule has 0 aromatic rings. The Hall–Kier alpha value is -1.30. The Morgan fingerprint density at radius 3 is 2.73 bits per heavy atom. The molecule has 86 valence electrons. The maximum atomic E-state index is 11.5. The van der Waals surface area contributed by atoms with E-state index < -0.39 is 24.1 Å². The number of aliphatic hydroxyl groups is 1. The van der Waals surface area contributed by atoms with E-state index in [4.69, 9.17) is 5.11 Å². The Balaban J connectivity index is 2.58. The summed E-state index contributed by atoms with van der Waals surface area (Å²) < 4.78 is 0. The van der Waals surface area contributed by atoms with Gasteiger partial charge >= 0.3 is 12.0 Å². The second-order valence-electron chi connectivity index (χ2n) is 3.63. The number of amides is 2. The molecule has 0 aromatic carbocycles. The zero-order valence-corrected chi connectivity index (χ0v) is 8.64. The molecule has 1 aliphatic heterocycles. The molecule has 2 unspecified atom stereocenters. The van der Waals surface area contributed by atoms with Gasteiger partial charge < -0.3 is 20.4 Å². The molecule has 1 aliphatic rings. The third-order valence-corrected chi connectivity index (χ3v) is 2.35. The fourth-order valence-electron chi connectivity index (χ4n) is 1.61. The highest BCUT2D eigenvalue weighted by Crippen LogP contribution is 2.17. The van der Waals surface area contributed by atoms with Crippen LogP contribution in [-0.2, 0) is 4.79 Å². The molecule has 0 saturated carbocycles. The number of carbonyl (C=O) groups is 2. The fourth-order valence-corrected chi connectivity index (χ4v) is 1.61. The normalized spacial score (nSPS) is 25.3. The average Bonchev–Trinajstić information content (AvgIpc) is 2.57. The van der Waals surface area contributed by atoms with Gasteiger partial charge in [0.15, 0.2) is 0 Å².